The summed E-state index contributed by atoms with van der Waals surface area (Å²) in [7, 11) is 5.16. The summed E-state index contributed by atoms with van der Waals surface area (Å²) in [5.41, 5.74) is 0.664. The molecule has 2 aromatic rings. The smallest absolute Gasteiger partial charge is 0.354 e. The number of anilines is 1. The number of carboxylic acids is 1. The highest BCUT2D eigenvalue weighted by Gasteiger charge is 2.13. The van der Waals surface area contributed by atoms with Gasteiger partial charge in [-0.3, -0.25) is 0 Å². The molecule has 0 aliphatic rings. The van der Waals surface area contributed by atoms with Crippen molar-refractivity contribution in [3.8, 4) is 17.1 Å². The second-order valence-corrected chi connectivity index (χ2v) is 4.37. The molecule has 0 fully saturated rings. The van der Waals surface area contributed by atoms with E-state index in [4.69, 9.17) is 9.84 Å². The van der Waals surface area contributed by atoms with Crippen LogP contribution >= 0.6 is 0 Å². The van der Waals surface area contributed by atoms with Crippen molar-refractivity contribution in [3.05, 3.63) is 36.0 Å². The average molecular weight is 273 g/mol. The van der Waals surface area contributed by atoms with Crippen LogP contribution in [-0.2, 0) is 0 Å². The topological polar surface area (TPSA) is 75.6 Å². The quantitative estimate of drug-likeness (QED) is 0.917. The normalized spacial score (nSPS) is 10.2. The first-order valence-corrected chi connectivity index (χ1v) is 5.95. The average Bonchev–Trinajstić information content (AvgIpc) is 2.46. The highest BCUT2D eigenvalue weighted by molar-refractivity contribution is 5.87. The molecule has 1 heterocycles. The van der Waals surface area contributed by atoms with Crippen molar-refractivity contribution in [2.45, 2.75) is 0 Å². The molecule has 1 N–H and O–H groups in total. The lowest BCUT2D eigenvalue weighted by atomic mass is 10.2. The predicted molar refractivity (Wildman–Crippen MR) is 75.3 cm³/mol. The first kappa shape index (κ1) is 13.8. The highest BCUT2D eigenvalue weighted by Crippen LogP contribution is 2.23. The number of ether oxygens (including phenoxy) is 1. The van der Waals surface area contributed by atoms with E-state index >= 15 is 0 Å². The van der Waals surface area contributed by atoms with Crippen molar-refractivity contribution in [1.29, 1.82) is 0 Å². The number of aromatic carboxylic acids is 1. The lowest BCUT2D eigenvalue weighted by Crippen LogP contribution is -2.14. The van der Waals surface area contributed by atoms with Gasteiger partial charge in [0.2, 0.25) is 0 Å². The zero-order valence-electron chi connectivity index (χ0n) is 11.5. The molecule has 6 nitrogen and oxygen atoms in total. The fourth-order valence-corrected chi connectivity index (χ4v) is 1.66. The molecule has 0 bridgehead atoms. The Morgan fingerprint density at radius 2 is 2.00 bits per heavy atom. The lowest BCUT2D eigenvalue weighted by molar-refractivity contribution is 0.0690. The predicted octanol–water partition coefficient (Wildman–Crippen LogP) is 1.92. The number of carbonyl (C=O) groups is 1. The van der Waals surface area contributed by atoms with E-state index < -0.39 is 5.97 Å². The zero-order valence-corrected chi connectivity index (χ0v) is 11.5. The number of carboxylic acid groups (broad SMARTS) is 1. The van der Waals surface area contributed by atoms with Gasteiger partial charge in [0.1, 0.15) is 11.6 Å². The third-order valence-electron chi connectivity index (χ3n) is 2.72. The van der Waals surface area contributed by atoms with Crippen LogP contribution in [0, 0.1) is 0 Å². The van der Waals surface area contributed by atoms with Gasteiger partial charge in [0.05, 0.1) is 7.11 Å². The van der Waals surface area contributed by atoms with Gasteiger partial charge in [-0.2, -0.15) is 0 Å². The molecular formula is C14H15N3O3. The molecule has 1 aromatic carbocycles. The van der Waals surface area contributed by atoms with Crippen LogP contribution in [0.5, 0.6) is 5.75 Å². The van der Waals surface area contributed by atoms with Crippen LogP contribution in [0.4, 0.5) is 5.82 Å². The first-order valence-electron chi connectivity index (χ1n) is 5.95. The van der Waals surface area contributed by atoms with E-state index in [-0.39, 0.29) is 5.69 Å². The molecule has 20 heavy (non-hydrogen) atoms. The van der Waals surface area contributed by atoms with Crippen molar-refractivity contribution >= 4 is 11.8 Å². The third kappa shape index (κ3) is 2.85. The van der Waals surface area contributed by atoms with E-state index in [1.165, 1.54) is 6.07 Å². The Morgan fingerprint density at radius 3 is 2.60 bits per heavy atom. The Morgan fingerprint density at radius 1 is 1.25 bits per heavy atom. The van der Waals surface area contributed by atoms with Gasteiger partial charge in [0.15, 0.2) is 11.5 Å². The number of nitrogens with zero attached hydrogens (tertiary/aromatic N) is 3. The van der Waals surface area contributed by atoms with Crippen LogP contribution in [-0.4, -0.2) is 42.2 Å². The van der Waals surface area contributed by atoms with Crippen LogP contribution in [0.15, 0.2) is 30.3 Å². The summed E-state index contributed by atoms with van der Waals surface area (Å²) >= 11 is 0. The molecule has 0 spiro atoms. The number of hydrogen-bond donors (Lipinski definition) is 1. The van der Waals surface area contributed by atoms with Crippen LogP contribution < -0.4 is 9.64 Å². The summed E-state index contributed by atoms with van der Waals surface area (Å²) in [6.45, 7) is 0. The van der Waals surface area contributed by atoms with Gasteiger partial charge >= 0.3 is 5.97 Å². The number of methoxy groups -OCH3 is 1. The number of benzene rings is 1. The maximum Gasteiger partial charge on any atom is 0.354 e. The van der Waals surface area contributed by atoms with Gasteiger partial charge in [0, 0.05) is 25.7 Å². The third-order valence-corrected chi connectivity index (χ3v) is 2.72. The molecule has 0 unspecified atom stereocenters. The molecule has 0 aliphatic heterocycles. The van der Waals surface area contributed by atoms with E-state index in [0.29, 0.717) is 23.0 Å². The Hall–Kier alpha value is -2.63. The summed E-state index contributed by atoms with van der Waals surface area (Å²) in [5, 5.41) is 9.13. The van der Waals surface area contributed by atoms with Crippen molar-refractivity contribution in [1.82, 2.24) is 9.97 Å². The Balaban J connectivity index is 2.57. The van der Waals surface area contributed by atoms with E-state index in [1.807, 2.05) is 6.07 Å². The fourth-order valence-electron chi connectivity index (χ4n) is 1.66. The Bertz CT molecular complexity index is 641. The van der Waals surface area contributed by atoms with Crippen molar-refractivity contribution in [3.63, 3.8) is 0 Å². The van der Waals surface area contributed by atoms with Gasteiger partial charge in [-0.25, -0.2) is 14.8 Å². The molecule has 0 saturated heterocycles. The maximum atomic E-state index is 11.1. The minimum absolute atomic E-state index is 0.0403. The van der Waals surface area contributed by atoms with E-state index in [9.17, 15) is 4.79 Å². The van der Waals surface area contributed by atoms with Crippen LogP contribution in [0.3, 0.4) is 0 Å². The van der Waals surface area contributed by atoms with E-state index in [1.54, 1.807) is 44.3 Å². The maximum absolute atomic E-state index is 11.1. The molecule has 0 aliphatic carbocycles. The first-order chi connectivity index (χ1) is 9.51. The standard InChI is InChI=1S/C14H15N3O3/c1-17(2)12-8-11(14(18)19)15-13(16-12)9-5-4-6-10(7-9)20-3/h4-8H,1-3H3,(H,18,19). The molecule has 6 heteroatoms. The Kier molecular flexibility index (Phi) is 3.84. The van der Waals surface area contributed by atoms with Crippen LogP contribution in [0.1, 0.15) is 10.5 Å². The second kappa shape index (κ2) is 5.56. The van der Waals surface area contributed by atoms with Crippen LogP contribution in [0.2, 0.25) is 0 Å². The second-order valence-electron chi connectivity index (χ2n) is 4.37. The Labute approximate surface area is 116 Å². The molecule has 2 rings (SSSR count). The molecular weight excluding hydrogens is 258 g/mol. The van der Waals surface area contributed by atoms with Crippen molar-refractivity contribution in [2.24, 2.45) is 0 Å². The van der Waals surface area contributed by atoms with Crippen molar-refractivity contribution in [2.75, 3.05) is 26.1 Å². The summed E-state index contributed by atoms with van der Waals surface area (Å²) in [6, 6.07) is 8.62. The SMILES string of the molecule is COc1cccc(-c2nc(C(=O)O)cc(N(C)C)n2)c1. The summed E-state index contributed by atoms with van der Waals surface area (Å²) in [4.78, 5) is 21.3. The largest absolute Gasteiger partial charge is 0.497 e. The van der Waals surface area contributed by atoms with Crippen LogP contribution in [0.25, 0.3) is 11.4 Å². The molecule has 0 saturated carbocycles. The fraction of sp³-hybridized carbons (Fsp3) is 0.214. The van der Waals surface area contributed by atoms with E-state index in [0.717, 1.165) is 0 Å². The lowest BCUT2D eigenvalue weighted by Gasteiger charge is -2.13. The van der Waals surface area contributed by atoms with Gasteiger partial charge in [0.25, 0.3) is 0 Å². The number of hydrogen-bond acceptors (Lipinski definition) is 5. The molecule has 0 atom stereocenters. The molecule has 0 radical (unpaired) electrons. The van der Waals surface area contributed by atoms with Gasteiger partial charge in [-0.1, -0.05) is 12.1 Å². The number of aromatic nitrogens is 2. The van der Waals surface area contributed by atoms with Gasteiger partial charge in [-0.15, -0.1) is 0 Å². The minimum Gasteiger partial charge on any atom is -0.497 e. The summed E-state index contributed by atoms with van der Waals surface area (Å²) in [5.74, 6) is 0.473. The summed E-state index contributed by atoms with van der Waals surface area (Å²) in [6.07, 6.45) is 0. The zero-order chi connectivity index (χ0) is 14.7. The van der Waals surface area contributed by atoms with Gasteiger partial charge < -0.3 is 14.7 Å². The molecule has 0 amide bonds. The molecule has 104 valence electrons. The van der Waals surface area contributed by atoms with Crippen molar-refractivity contribution < 1.29 is 14.6 Å². The number of rotatable bonds is 4. The summed E-state index contributed by atoms with van der Waals surface area (Å²) < 4.78 is 5.15. The van der Waals surface area contributed by atoms with Gasteiger partial charge in [-0.05, 0) is 12.1 Å². The molecule has 1 aromatic heterocycles. The highest BCUT2D eigenvalue weighted by atomic mass is 16.5. The minimum atomic E-state index is -1.08. The monoisotopic (exact) mass is 273 g/mol. The van der Waals surface area contributed by atoms with E-state index in [2.05, 4.69) is 9.97 Å².